The summed E-state index contributed by atoms with van der Waals surface area (Å²) in [7, 11) is 1.66. The van der Waals surface area contributed by atoms with Gasteiger partial charge in [-0.25, -0.2) is 4.68 Å². The molecule has 0 saturated carbocycles. The van der Waals surface area contributed by atoms with E-state index in [-0.39, 0.29) is 5.54 Å². The number of aromatic nitrogens is 5. The summed E-state index contributed by atoms with van der Waals surface area (Å²) < 4.78 is 6.79. The maximum absolute atomic E-state index is 5.19. The predicted molar refractivity (Wildman–Crippen MR) is 80.7 cm³/mol. The molecule has 0 aliphatic rings. The van der Waals surface area contributed by atoms with Crippen LogP contribution in [-0.4, -0.2) is 50.5 Å². The minimum atomic E-state index is -0.291. The highest BCUT2D eigenvalue weighted by Gasteiger charge is 2.20. The molecule has 0 spiro atoms. The van der Waals surface area contributed by atoms with Gasteiger partial charge in [0, 0.05) is 26.0 Å². The van der Waals surface area contributed by atoms with Crippen LogP contribution in [0.15, 0.2) is 18.5 Å². The van der Waals surface area contributed by atoms with Gasteiger partial charge in [0.1, 0.15) is 0 Å². The van der Waals surface area contributed by atoms with Crippen molar-refractivity contribution in [1.29, 1.82) is 0 Å². The van der Waals surface area contributed by atoms with Gasteiger partial charge in [-0.2, -0.15) is 20.1 Å². The SMILES string of the molecule is CCNc1nc(NC(C)(C)COC)nc(-n2cccn2)n1. The summed E-state index contributed by atoms with van der Waals surface area (Å²) in [4.78, 5) is 13.1. The molecule has 0 aliphatic carbocycles. The van der Waals surface area contributed by atoms with E-state index in [0.717, 1.165) is 6.54 Å². The van der Waals surface area contributed by atoms with Crippen LogP contribution < -0.4 is 10.6 Å². The van der Waals surface area contributed by atoms with Crippen LogP contribution >= 0.6 is 0 Å². The minimum Gasteiger partial charge on any atom is -0.382 e. The lowest BCUT2D eigenvalue weighted by Gasteiger charge is -2.25. The zero-order valence-electron chi connectivity index (χ0n) is 12.8. The van der Waals surface area contributed by atoms with Crippen molar-refractivity contribution in [2.75, 3.05) is 30.9 Å². The van der Waals surface area contributed by atoms with Gasteiger partial charge in [-0.1, -0.05) is 0 Å². The van der Waals surface area contributed by atoms with Crippen LogP contribution in [0.3, 0.4) is 0 Å². The maximum atomic E-state index is 5.19. The first-order valence-electron chi connectivity index (χ1n) is 6.81. The topological polar surface area (TPSA) is 89.8 Å². The summed E-state index contributed by atoms with van der Waals surface area (Å²) in [6.45, 7) is 7.27. The fraction of sp³-hybridized carbons (Fsp3) is 0.538. The average molecular weight is 291 g/mol. The summed E-state index contributed by atoms with van der Waals surface area (Å²) in [6, 6.07) is 1.82. The molecule has 0 aromatic carbocycles. The zero-order chi connectivity index (χ0) is 15.3. The Labute approximate surface area is 124 Å². The van der Waals surface area contributed by atoms with Crippen molar-refractivity contribution in [3.8, 4) is 5.95 Å². The lowest BCUT2D eigenvalue weighted by molar-refractivity contribution is 0.158. The maximum Gasteiger partial charge on any atom is 0.257 e. The average Bonchev–Trinajstić information content (AvgIpc) is 2.91. The quantitative estimate of drug-likeness (QED) is 0.795. The van der Waals surface area contributed by atoms with Crippen LogP contribution in [0, 0.1) is 0 Å². The van der Waals surface area contributed by atoms with Crippen molar-refractivity contribution >= 4 is 11.9 Å². The molecule has 2 aromatic rings. The van der Waals surface area contributed by atoms with Crippen molar-refractivity contribution in [1.82, 2.24) is 24.7 Å². The van der Waals surface area contributed by atoms with Crippen LogP contribution in [0.2, 0.25) is 0 Å². The van der Waals surface area contributed by atoms with Crippen LogP contribution in [0.25, 0.3) is 5.95 Å². The normalized spacial score (nSPS) is 11.4. The van der Waals surface area contributed by atoms with Gasteiger partial charge in [0.25, 0.3) is 5.95 Å². The summed E-state index contributed by atoms with van der Waals surface area (Å²) in [5, 5.41) is 10.5. The Balaban J connectivity index is 2.32. The second-order valence-electron chi connectivity index (χ2n) is 5.21. The monoisotopic (exact) mass is 291 g/mol. The number of nitrogens with one attached hydrogen (secondary N) is 2. The number of rotatable bonds is 7. The molecule has 0 amide bonds. The van der Waals surface area contributed by atoms with E-state index in [9.17, 15) is 0 Å². The molecule has 0 unspecified atom stereocenters. The number of ether oxygens (including phenoxy) is 1. The number of hydrogen-bond donors (Lipinski definition) is 2. The Morgan fingerprint density at radius 2 is 2.00 bits per heavy atom. The molecule has 0 aliphatic heterocycles. The van der Waals surface area contributed by atoms with Gasteiger partial charge in [-0.3, -0.25) is 0 Å². The van der Waals surface area contributed by atoms with Gasteiger partial charge in [-0.05, 0) is 26.8 Å². The third kappa shape index (κ3) is 4.12. The van der Waals surface area contributed by atoms with Crippen molar-refractivity contribution in [2.24, 2.45) is 0 Å². The molecule has 0 fully saturated rings. The summed E-state index contributed by atoms with van der Waals surface area (Å²) in [5.74, 6) is 1.45. The van der Waals surface area contributed by atoms with Crippen LogP contribution in [0.5, 0.6) is 0 Å². The van der Waals surface area contributed by atoms with Gasteiger partial charge in [0.15, 0.2) is 0 Å². The lowest BCUT2D eigenvalue weighted by atomic mass is 10.1. The number of anilines is 2. The molecular weight excluding hydrogens is 270 g/mol. The zero-order valence-corrected chi connectivity index (χ0v) is 12.8. The highest BCUT2D eigenvalue weighted by molar-refractivity contribution is 5.39. The molecule has 0 bridgehead atoms. The fourth-order valence-electron chi connectivity index (χ4n) is 1.85. The fourth-order valence-corrected chi connectivity index (χ4v) is 1.85. The first-order valence-corrected chi connectivity index (χ1v) is 6.81. The number of hydrogen-bond acceptors (Lipinski definition) is 7. The Hall–Kier alpha value is -2.22. The largest absolute Gasteiger partial charge is 0.382 e. The van der Waals surface area contributed by atoms with E-state index >= 15 is 0 Å². The van der Waals surface area contributed by atoms with Crippen molar-refractivity contribution in [2.45, 2.75) is 26.3 Å². The second kappa shape index (κ2) is 6.49. The van der Waals surface area contributed by atoms with Gasteiger partial charge in [-0.15, -0.1) is 0 Å². The smallest absolute Gasteiger partial charge is 0.257 e. The van der Waals surface area contributed by atoms with Gasteiger partial charge in [0.05, 0.1) is 12.1 Å². The molecular formula is C13H21N7O. The van der Waals surface area contributed by atoms with Crippen molar-refractivity contribution < 1.29 is 4.74 Å². The Bertz CT molecular complexity index is 568. The first-order chi connectivity index (χ1) is 10.0. The molecule has 0 saturated heterocycles. The van der Waals surface area contributed by atoms with Crippen molar-refractivity contribution in [3.63, 3.8) is 0 Å². The molecule has 8 nitrogen and oxygen atoms in total. The van der Waals surface area contributed by atoms with E-state index in [0.29, 0.717) is 24.5 Å². The lowest BCUT2D eigenvalue weighted by Crippen LogP contribution is -2.37. The summed E-state index contributed by atoms with van der Waals surface area (Å²) in [6.07, 6.45) is 3.47. The van der Waals surface area contributed by atoms with E-state index < -0.39 is 0 Å². The molecule has 21 heavy (non-hydrogen) atoms. The molecule has 0 radical (unpaired) electrons. The molecule has 8 heteroatoms. The predicted octanol–water partition coefficient (Wildman–Crippen LogP) is 1.33. The van der Waals surface area contributed by atoms with Crippen LogP contribution in [0.1, 0.15) is 20.8 Å². The second-order valence-corrected chi connectivity index (χ2v) is 5.21. The number of nitrogens with zero attached hydrogens (tertiary/aromatic N) is 5. The molecule has 114 valence electrons. The van der Waals surface area contributed by atoms with E-state index in [2.05, 4.69) is 30.7 Å². The standard InChI is InChI=1S/C13H21N7O/c1-5-14-10-16-11(19-13(2,3)9-21-4)18-12(17-10)20-8-6-7-15-20/h6-8H,5,9H2,1-4H3,(H2,14,16,17,18,19). The third-order valence-electron chi connectivity index (χ3n) is 2.62. The number of methoxy groups -OCH3 is 1. The molecule has 2 rings (SSSR count). The Morgan fingerprint density at radius 3 is 2.62 bits per heavy atom. The van der Waals surface area contributed by atoms with Crippen LogP contribution in [0.4, 0.5) is 11.9 Å². The first kappa shape index (κ1) is 15.2. The molecule has 2 N–H and O–H groups in total. The Kier molecular flexibility index (Phi) is 4.69. The van der Waals surface area contributed by atoms with E-state index in [1.165, 1.54) is 0 Å². The van der Waals surface area contributed by atoms with Crippen molar-refractivity contribution in [3.05, 3.63) is 18.5 Å². The van der Waals surface area contributed by atoms with Gasteiger partial charge < -0.3 is 15.4 Å². The Morgan fingerprint density at radius 1 is 1.24 bits per heavy atom. The summed E-state index contributed by atoms with van der Waals surface area (Å²) in [5.41, 5.74) is -0.291. The highest BCUT2D eigenvalue weighted by atomic mass is 16.5. The molecule has 0 atom stereocenters. The van der Waals surface area contributed by atoms with E-state index in [1.54, 1.807) is 24.2 Å². The van der Waals surface area contributed by atoms with Gasteiger partial charge >= 0.3 is 0 Å². The highest BCUT2D eigenvalue weighted by Crippen LogP contribution is 2.14. The third-order valence-corrected chi connectivity index (χ3v) is 2.62. The van der Waals surface area contributed by atoms with Crippen LogP contribution in [-0.2, 0) is 4.74 Å². The van der Waals surface area contributed by atoms with Gasteiger partial charge in [0.2, 0.25) is 11.9 Å². The molecule has 2 aromatic heterocycles. The molecule has 2 heterocycles. The van der Waals surface area contributed by atoms with E-state index in [4.69, 9.17) is 4.74 Å². The van der Waals surface area contributed by atoms with E-state index in [1.807, 2.05) is 26.8 Å². The summed E-state index contributed by atoms with van der Waals surface area (Å²) >= 11 is 0. The minimum absolute atomic E-state index is 0.291.